The number of hydrogen-bond donors (Lipinski definition) is 2. The highest BCUT2D eigenvalue weighted by Gasteiger charge is 2.18. The third-order valence-electron chi connectivity index (χ3n) is 2.33. The highest BCUT2D eigenvalue weighted by atomic mass is 16.6. The zero-order valence-electron chi connectivity index (χ0n) is 9.83. The molecular formula is C10H13BN2O5. The third-order valence-corrected chi connectivity index (χ3v) is 2.33. The van der Waals surface area contributed by atoms with E-state index in [0.717, 1.165) is 0 Å². The van der Waals surface area contributed by atoms with Crippen molar-refractivity contribution >= 4 is 19.3 Å². The lowest BCUT2D eigenvalue weighted by Gasteiger charge is -2.12. The minimum absolute atomic E-state index is 0.0524. The van der Waals surface area contributed by atoms with Gasteiger partial charge in [0.25, 0.3) is 5.69 Å². The Morgan fingerprint density at radius 1 is 1.67 bits per heavy atom. The first-order valence-electron chi connectivity index (χ1n) is 5.23. The van der Waals surface area contributed by atoms with Gasteiger partial charge in [-0.15, -0.1) is 0 Å². The molecule has 8 heteroatoms. The average Bonchev–Trinajstić information content (AvgIpc) is 2.34. The summed E-state index contributed by atoms with van der Waals surface area (Å²) in [4.78, 5) is 21.1. The van der Waals surface area contributed by atoms with E-state index in [1.165, 1.54) is 25.3 Å². The highest BCUT2D eigenvalue weighted by molar-refractivity contribution is 6.24. The molecule has 7 nitrogen and oxygen atoms in total. The van der Waals surface area contributed by atoms with Gasteiger partial charge in [0.05, 0.1) is 4.92 Å². The van der Waals surface area contributed by atoms with Crippen LogP contribution in [0.2, 0.25) is 0 Å². The number of rotatable bonds is 7. The van der Waals surface area contributed by atoms with Crippen LogP contribution in [0, 0.1) is 10.1 Å². The number of aliphatic carboxylic acids is 1. The number of nitro benzene ring substituents is 1. The summed E-state index contributed by atoms with van der Waals surface area (Å²) < 4.78 is 4.74. The number of hydrogen-bond acceptors (Lipinski definition) is 5. The summed E-state index contributed by atoms with van der Waals surface area (Å²) in [5, 5.41) is 22.3. The van der Waals surface area contributed by atoms with Gasteiger partial charge < -0.3 is 15.0 Å². The Balaban J connectivity index is 2.77. The summed E-state index contributed by atoms with van der Waals surface area (Å²) in [6.07, 6.45) is 0.153. The molecule has 0 spiro atoms. The normalized spacial score (nSPS) is 11.8. The van der Waals surface area contributed by atoms with Gasteiger partial charge in [0.2, 0.25) is 0 Å². The second kappa shape index (κ2) is 6.72. The van der Waals surface area contributed by atoms with E-state index in [9.17, 15) is 14.9 Å². The Morgan fingerprint density at radius 2 is 2.39 bits per heavy atom. The zero-order chi connectivity index (χ0) is 13.5. The van der Waals surface area contributed by atoms with Crippen LogP contribution in [0.1, 0.15) is 5.56 Å². The molecule has 0 aromatic heterocycles. The summed E-state index contributed by atoms with van der Waals surface area (Å²) >= 11 is 0. The molecule has 18 heavy (non-hydrogen) atoms. The second-order valence-electron chi connectivity index (χ2n) is 3.66. The lowest BCUT2D eigenvalue weighted by molar-refractivity contribution is -0.384. The van der Waals surface area contributed by atoms with Crippen molar-refractivity contribution in [1.29, 1.82) is 0 Å². The molecule has 0 amide bonds. The van der Waals surface area contributed by atoms with Gasteiger partial charge in [-0.25, -0.2) is 0 Å². The van der Waals surface area contributed by atoms with Crippen LogP contribution < -0.4 is 5.23 Å². The smallest absolute Gasteiger partial charge is 0.361 e. The minimum atomic E-state index is -1.03. The number of non-ortho nitro benzene ring substituents is 1. The van der Waals surface area contributed by atoms with Crippen LogP contribution in [0.4, 0.5) is 5.69 Å². The summed E-state index contributed by atoms with van der Waals surface area (Å²) in [5.41, 5.74) is 0.531. The molecule has 0 heterocycles. The molecule has 96 valence electrons. The van der Waals surface area contributed by atoms with Crippen LogP contribution in [0.3, 0.4) is 0 Å². The zero-order valence-corrected chi connectivity index (χ0v) is 9.83. The molecule has 0 aliphatic carbocycles. The highest BCUT2D eigenvalue weighted by Crippen LogP contribution is 2.14. The van der Waals surface area contributed by atoms with Crippen LogP contribution in [-0.4, -0.2) is 36.8 Å². The maximum Gasteiger partial charge on any atom is 0.361 e. The number of nitro groups is 1. The van der Waals surface area contributed by atoms with Gasteiger partial charge in [-0.1, -0.05) is 12.1 Å². The van der Waals surface area contributed by atoms with Gasteiger partial charge in [0.1, 0.15) is 6.04 Å². The van der Waals surface area contributed by atoms with Gasteiger partial charge in [-0.3, -0.25) is 14.9 Å². The molecule has 1 atom stereocenters. The first kappa shape index (κ1) is 14.1. The summed E-state index contributed by atoms with van der Waals surface area (Å²) in [7, 11) is 1.55. The van der Waals surface area contributed by atoms with Gasteiger partial charge in [0, 0.05) is 19.2 Å². The van der Waals surface area contributed by atoms with Crippen molar-refractivity contribution in [2.24, 2.45) is 0 Å². The SMILES string of the molecule is COBNC(Cc1cccc([N+](=O)[O-])c1)C(=O)O. The molecule has 1 rings (SSSR count). The molecule has 0 aliphatic heterocycles. The first-order chi connectivity index (χ1) is 8.54. The van der Waals surface area contributed by atoms with Crippen molar-refractivity contribution in [3.05, 3.63) is 39.9 Å². The maximum absolute atomic E-state index is 11.0. The number of nitrogens with one attached hydrogen (secondary N) is 1. The van der Waals surface area contributed by atoms with E-state index >= 15 is 0 Å². The number of carboxylic acids is 1. The summed E-state index contributed by atoms with van der Waals surface area (Å²) in [6.45, 7) is 0. The van der Waals surface area contributed by atoms with Crippen molar-refractivity contribution in [2.75, 3.05) is 7.11 Å². The Bertz CT molecular complexity index is 440. The van der Waals surface area contributed by atoms with Gasteiger partial charge in [0.15, 0.2) is 0 Å². The predicted octanol–water partition coefficient (Wildman–Crippen LogP) is 0.0930. The predicted molar refractivity (Wildman–Crippen MR) is 65.5 cm³/mol. The van der Waals surface area contributed by atoms with Crippen molar-refractivity contribution in [3.8, 4) is 0 Å². The molecule has 0 radical (unpaired) electrons. The fourth-order valence-corrected chi connectivity index (χ4v) is 1.46. The van der Waals surface area contributed by atoms with Gasteiger partial charge in [-0.2, -0.15) is 0 Å². The quantitative estimate of drug-likeness (QED) is 0.405. The van der Waals surface area contributed by atoms with Gasteiger partial charge >= 0.3 is 13.6 Å². The molecular weight excluding hydrogens is 239 g/mol. The topological polar surface area (TPSA) is 102 Å². The minimum Gasteiger partial charge on any atom is -0.480 e. The van der Waals surface area contributed by atoms with Crippen molar-refractivity contribution in [2.45, 2.75) is 12.5 Å². The lowest BCUT2D eigenvalue weighted by atomic mass is 10.0. The lowest BCUT2D eigenvalue weighted by Crippen LogP contribution is -2.41. The Labute approximate surface area is 104 Å². The number of carbonyl (C=O) groups is 1. The second-order valence-corrected chi connectivity index (χ2v) is 3.66. The molecule has 1 aromatic rings. The van der Waals surface area contributed by atoms with Crippen LogP contribution >= 0.6 is 0 Å². The summed E-state index contributed by atoms with van der Waals surface area (Å²) in [5.74, 6) is -1.03. The van der Waals surface area contributed by atoms with E-state index in [-0.39, 0.29) is 19.7 Å². The molecule has 0 aliphatic rings. The van der Waals surface area contributed by atoms with E-state index in [0.29, 0.717) is 5.56 Å². The molecule has 1 aromatic carbocycles. The van der Waals surface area contributed by atoms with Crippen molar-refractivity contribution in [1.82, 2.24) is 5.23 Å². The van der Waals surface area contributed by atoms with E-state index in [4.69, 9.17) is 9.76 Å². The van der Waals surface area contributed by atoms with Crippen molar-refractivity contribution < 1.29 is 19.5 Å². The van der Waals surface area contributed by atoms with Crippen molar-refractivity contribution in [3.63, 3.8) is 0 Å². The van der Waals surface area contributed by atoms with Gasteiger partial charge in [-0.05, 0) is 12.0 Å². The molecule has 0 saturated heterocycles. The standard InChI is InChI=1S/C10H13BN2O5/c1-18-11-12-9(10(14)15)6-7-3-2-4-8(5-7)13(16)17/h2-5,9,11-12H,6H2,1H3,(H,14,15). The number of nitrogens with zero attached hydrogens (tertiary/aromatic N) is 1. The van der Waals surface area contributed by atoms with Crippen LogP contribution in [0.5, 0.6) is 0 Å². The molecule has 0 bridgehead atoms. The van der Waals surface area contributed by atoms with E-state index in [1.54, 1.807) is 6.07 Å². The molecule has 0 saturated carbocycles. The molecule has 1 unspecified atom stereocenters. The summed E-state index contributed by atoms with van der Waals surface area (Å²) in [6, 6.07) is 5.07. The van der Waals surface area contributed by atoms with E-state index < -0.39 is 16.9 Å². The molecule has 2 N–H and O–H groups in total. The Kier molecular flexibility index (Phi) is 5.28. The first-order valence-corrected chi connectivity index (χ1v) is 5.23. The third kappa shape index (κ3) is 4.15. The largest absolute Gasteiger partial charge is 0.480 e. The number of benzene rings is 1. The van der Waals surface area contributed by atoms with Crippen LogP contribution in [0.15, 0.2) is 24.3 Å². The fourth-order valence-electron chi connectivity index (χ4n) is 1.46. The maximum atomic E-state index is 11.0. The fraction of sp³-hybridized carbons (Fsp3) is 0.300. The number of carboxylic acid groups (broad SMARTS) is 1. The average molecular weight is 252 g/mol. The monoisotopic (exact) mass is 252 g/mol. The Morgan fingerprint density at radius 3 is 2.94 bits per heavy atom. The molecule has 0 fully saturated rings. The van der Waals surface area contributed by atoms with Crippen LogP contribution in [-0.2, 0) is 15.9 Å². The van der Waals surface area contributed by atoms with E-state index in [2.05, 4.69) is 5.23 Å². The van der Waals surface area contributed by atoms with Crippen LogP contribution in [0.25, 0.3) is 0 Å². The Hall–Kier alpha value is -1.93. The van der Waals surface area contributed by atoms with E-state index in [1.807, 2.05) is 0 Å².